The van der Waals surface area contributed by atoms with Crippen LogP contribution < -0.4 is 0 Å². The van der Waals surface area contributed by atoms with Crippen LogP contribution in [0.25, 0.3) is 0 Å². The quantitative estimate of drug-likeness (QED) is 0.712. The molecule has 0 bridgehead atoms. The maximum atomic E-state index is 10.5. The second kappa shape index (κ2) is 4.32. The standard InChI is InChI=1S/C6H8BrN3O2/c1-12-3-2-10-5(4-11)6(7)8-9-10/h4H,2-3H2,1H3. The molecule has 0 aliphatic heterocycles. The normalized spacial score (nSPS) is 10.2. The minimum absolute atomic E-state index is 0.437. The average Bonchev–Trinajstić information content (AvgIpc) is 2.43. The number of aldehydes is 1. The SMILES string of the molecule is COCCn1nnc(Br)c1C=O. The van der Waals surface area contributed by atoms with Gasteiger partial charge in [-0.15, -0.1) is 5.10 Å². The van der Waals surface area contributed by atoms with Crippen molar-refractivity contribution in [2.45, 2.75) is 6.54 Å². The largest absolute Gasteiger partial charge is 0.383 e. The molecule has 0 radical (unpaired) electrons. The van der Waals surface area contributed by atoms with Gasteiger partial charge in [-0.3, -0.25) is 4.79 Å². The van der Waals surface area contributed by atoms with Crippen LogP contribution in [-0.2, 0) is 11.3 Å². The zero-order valence-corrected chi connectivity index (χ0v) is 8.11. The summed E-state index contributed by atoms with van der Waals surface area (Å²) in [6, 6.07) is 0. The highest BCUT2D eigenvalue weighted by molar-refractivity contribution is 9.10. The summed E-state index contributed by atoms with van der Waals surface area (Å²) in [5.41, 5.74) is 0.437. The van der Waals surface area contributed by atoms with E-state index in [0.717, 1.165) is 0 Å². The molecule has 0 saturated carbocycles. The highest BCUT2D eigenvalue weighted by Crippen LogP contribution is 2.09. The van der Waals surface area contributed by atoms with Crippen molar-refractivity contribution in [3.63, 3.8) is 0 Å². The summed E-state index contributed by atoms with van der Waals surface area (Å²) in [5, 5.41) is 7.42. The number of methoxy groups -OCH3 is 1. The molecule has 0 fully saturated rings. The van der Waals surface area contributed by atoms with Crippen molar-refractivity contribution in [2.24, 2.45) is 0 Å². The molecule has 5 nitrogen and oxygen atoms in total. The van der Waals surface area contributed by atoms with Gasteiger partial charge in [-0.1, -0.05) is 5.21 Å². The van der Waals surface area contributed by atoms with E-state index in [-0.39, 0.29) is 0 Å². The van der Waals surface area contributed by atoms with Gasteiger partial charge in [0.05, 0.1) is 13.2 Å². The molecule has 0 unspecified atom stereocenters. The molecule has 0 atom stereocenters. The van der Waals surface area contributed by atoms with Crippen LogP contribution in [0.15, 0.2) is 4.60 Å². The van der Waals surface area contributed by atoms with Crippen LogP contribution >= 0.6 is 15.9 Å². The third-order valence-corrected chi connectivity index (χ3v) is 1.91. The van der Waals surface area contributed by atoms with Gasteiger partial charge in [-0.05, 0) is 15.9 Å². The lowest BCUT2D eigenvalue weighted by Crippen LogP contribution is -2.09. The molecular formula is C6H8BrN3O2. The van der Waals surface area contributed by atoms with E-state index in [1.807, 2.05) is 0 Å². The summed E-state index contributed by atoms with van der Waals surface area (Å²) in [6.45, 7) is 1.04. The maximum Gasteiger partial charge on any atom is 0.170 e. The van der Waals surface area contributed by atoms with Crippen LogP contribution in [0.1, 0.15) is 10.5 Å². The van der Waals surface area contributed by atoms with Crippen LogP contribution in [0.5, 0.6) is 0 Å². The molecule has 66 valence electrons. The molecular weight excluding hydrogens is 226 g/mol. The fourth-order valence-corrected chi connectivity index (χ4v) is 1.12. The minimum Gasteiger partial charge on any atom is -0.383 e. The van der Waals surface area contributed by atoms with E-state index in [4.69, 9.17) is 4.74 Å². The third-order valence-electron chi connectivity index (χ3n) is 1.35. The number of carbonyl (C=O) groups is 1. The van der Waals surface area contributed by atoms with Gasteiger partial charge in [0, 0.05) is 7.11 Å². The molecule has 0 spiro atoms. The summed E-state index contributed by atoms with van der Waals surface area (Å²) in [7, 11) is 1.59. The summed E-state index contributed by atoms with van der Waals surface area (Å²) in [4.78, 5) is 10.5. The Labute approximate surface area is 77.8 Å². The van der Waals surface area contributed by atoms with Gasteiger partial charge >= 0.3 is 0 Å². The number of hydrogen-bond donors (Lipinski definition) is 0. The molecule has 0 N–H and O–H groups in total. The number of rotatable bonds is 4. The van der Waals surface area contributed by atoms with E-state index >= 15 is 0 Å². The van der Waals surface area contributed by atoms with Gasteiger partial charge in [-0.2, -0.15) is 0 Å². The van der Waals surface area contributed by atoms with Gasteiger partial charge in [0.15, 0.2) is 10.9 Å². The summed E-state index contributed by atoms with van der Waals surface area (Å²) in [5.74, 6) is 0. The van der Waals surface area contributed by atoms with Crippen LogP contribution in [0.4, 0.5) is 0 Å². The number of nitrogens with zero attached hydrogens (tertiary/aromatic N) is 3. The van der Waals surface area contributed by atoms with Crippen molar-refractivity contribution in [1.82, 2.24) is 15.0 Å². The molecule has 0 aliphatic rings. The second-order valence-electron chi connectivity index (χ2n) is 2.10. The molecule has 1 aromatic rings. The number of halogens is 1. The summed E-state index contributed by atoms with van der Waals surface area (Å²) in [6.07, 6.45) is 0.708. The topological polar surface area (TPSA) is 57.0 Å². The van der Waals surface area contributed by atoms with Gasteiger partial charge in [0.25, 0.3) is 0 Å². The van der Waals surface area contributed by atoms with Crippen LogP contribution in [0, 0.1) is 0 Å². The Morgan fingerprint density at radius 3 is 3.08 bits per heavy atom. The van der Waals surface area contributed by atoms with E-state index in [0.29, 0.717) is 29.7 Å². The lowest BCUT2D eigenvalue weighted by Gasteiger charge is -1.99. The second-order valence-corrected chi connectivity index (χ2v) is 2.85. The lowest BCUT2D eigenvalue weighted by molar-refractivity contribution is 0.111. The zero-order chi connectivity index (χ0) is 8.97. The zero-order valence-electron chi connectivity index (χ0n) is 6.53. The Bertz CT molecular complexity index is 274. The van der Waals surface area contributed by atoms with Gasteiger partial charge in [0.1, 0.15) is 5.69 Å². The Morgan fingerprint density at radius 1 is 1.75 bits per heavy atom. The molecule has 0 saturated heterocycles. The Balaban J connectivity index is 2.77. The van der Waals surface area contributed by atoms with Crippen LogP contribution in [-0.4, -0.2) is 35.0 Å². The lowest BCUT2D eigenvalue weighted by atomic mass is 10.5. The Hall–Kier alpha value is -0.750. The predicted molar refractivity (Wildman–Crippen MR) is 45.0 cm³/mol. The average molecular weight is 234 g/mol. The van der Waals surface area contributed by atoms with Crippen molar-refractivity contribution in [3.05, 3.63) is 10.3 Å². The fourth-order valence-electron chi connectivity index (χ4n) is 0.752. The molecule has 0 aliphatic carbocycles. The molecule has 12 heavy (non-hydrogen) atoms. The van der Waals surface area contributed by atoms with Crippen molar-refractivity contribution >= 4 is 22.2 Å². The van der Waals surface area contributed by atoms with E-state index in [2.05, 4.69) is 26.2 Å². The van der Waals surface area contributed by atoms with E-state index in [9.17, 15) is 4.79 Å². The third kappa shape index (κ3) is 1.89. The molecule has 0 amide bonds. The number of hydrogen-bond acceptors (Lipinski definition) is 4. The maximum absolute atomic E-state index is 10.5. The monoisotopic (exact) mass is 233 g/mol. The van der Waals surface area contributed by atoms with Crippen molar-refractivity contribution in [1.29, 1.82) is 0 Å². The number of ether oxygens (including phenoxy) is 1. The first-order valence-electron chi connectivity index (χ1n) is 3.32. The van der Waals surface area contributed by atoms with E-state index in [1.54, 1.807) is 7.11 Å². The molecule has 1 heterocycles. The predicted octanol–water partition coefficient (Wildman–Crippen LogP) is 0.499. The summed E-state index contributed by atoms with van der Waals surface area (Å²) < 4.78 is 6.79. The fraction of sp³-hybridized carbons (Fsp3) is 0.500. The van der Waals surface area contributed by atoms with Crippen molar-refractivity contribution in [3.8, 4) is 0 Å². The highest BCUT2D eigenvalue weighted by atomic mass is 79.9. The molecule has 0 aromatic carbocycles. The first-order chi connectivity index (χ1) is 5.79. The van der Waals surface area contributed by atoms with Crippen LogP contribution in [0.3, 0.4) is 0 Å². The Kier molecular flexibility index (Phi) is 3.36. The molecule has 6 heteroatoms. The molecule has 1 aromatic heterocycles. The first-order valence-corrected chi connectivity index (χ1v) is 4.12. The smallest absolute Gasteiger partial charge is 0.170 e. The van der Waals surface area contributed by atoms with Gasteiger partial charge in [0.2, 0.25) is 0 Å². The Morgan fingerprint density at radius 2 is 2.50 bits per heavy atom. The van der Waals surface area contributed by atoms with E-state index in [1.165, 1.54) is 4.68 Å². The van der Waals surface area contributed by atoms with Gasteiger partial charge in [-0.25, -0.2) is 4.68 Å². The van der Waals surface area contributed by atoms with Gasteiger partial charge < -0.3 is 4.74 Å². The minimum atomic E-state index is 0.437. The first kappa shape index (κ1) is 9.34. The van der Waals surface area contributed by atoms with Crippen molar-refractivity contribution < 1.29 is 9.53 Å². The number of aromatic nitrogens is 3. The molecule has 1 rings (SSSR count). The van der Waals surface area contributed by atoms with E-state index < -0.39 is 0 Å². The van der Waals surface area contributed by atoms with Crippen LogP contribution in [0.2, 0.25) is 0 Å². The van der Waals surface area contributed by atoms with Crippen molar-refractivity contribution in [2.75, 3.05) is 13.7 Å². The summed E-state index contributed by atoms with van der Waals surface area (Å²) >= 11 is 3.10. The number of carbonyl (C=O) groups excluding carboxylic acids is 1. The highest BCUT2D eigenvalue weighted by Gasteiger charge is 2.07.